The third-order valence-electron chi connectivity index (χ3n) is 5.66. The van der Waals surface area contributed by atoms with Gasteiger partial charge in [-0.1, -0.05) is 13.8 Å². The van der Waals surface area contributed by atoms with E-state index in [1.807, 2.05) is 9.80 Å². The van der Waals surface area contributed by atoms with E-state index in [0.717, 1.165) is 63.8 Å². The van der Waals surface area contributed by atoms with Gasteiger partial charge in [0.2, 0.25) is 11.8 Å². The average molecular weight is 344 g/mol. The number of rotatable bonds is 3. The lowest BCUT2D eigenvalue weighted by atomic mass is 9.92. The molecule has 3 aliphatic rings. The van der Waals surface area contributed by atoms with Gasteiger partial charge in [0.25, 0.3) is 0 Å². The first-order valence-corrected chi connectivity index (χ1v) is 8.87. The number of halogens is 1. The Kier molecular flexibility index (Phi) is 6.32. The molecule has 5 nitrogen and oxygen atoms in total. The first kappa shape index (κ1) is 18.5. The van der Waals surface area contributed by atoms with Crippen molar-refractivity contribution < 1.29 is 9.59 Å². The number of likely N-dealkylation sites (tertiary alicyclic amines) is 2. The predicted molar refractivity (Wildman–Crippen MR) is 92.5 cm³/mol. The molecule has 0 aromatic carbocycles. The van der Waals surface area contributed by atoms with Gasteiger partial charge in [-0.15, -0.1) is 12.4 Å². The van der Waals surface area contributed by atoms with E-state index in [1.54, 1.807) is 0 Å². The van der Waals surface area contributed by atoms with E-state index in [9.17, 15) is 9.59 Å². The number of nitrogens with one attached hydrogen (secondary N) is 1. The summed E-state index contributed by atoms with van der Waals surface area (Å²) in [5.74, 6) is 1.97. The van der Waals surface area contributed by atoms with Crippen molar-refractivity contribution in [3.05, 3.63) is 0 Å². The quantitative estimate of drug-likeness (QED) is 0.845. The fraction of sp³-hybridized carbons (Fsp3) is 0.882. The molecule has 0 saturated carbocycles. The van der Waals surface area contributed by atoms with E-state index >= 15 is 0 Å². The zero-order chi connectivity index (χ0) is 15.7. The minimum Gasteiger partial charge on any atom is -0.341 e. The largest absolute Gasteiger partial charge is 0.341 e. The Labute approximate surface area is 145 Å². The minimum absolute atomic E-state index is 0. The van der Waals surface area contributed by atoms with Gasteiger partial charge in [0.05, 0.1) is 0 Å². The van der Waals surface area contributed by atoms with Crippen LogP contribution >= 0.6 is 12.4 Å². The van der Waals surface area contributed by atoms with Crippen LogP contribution in [0.15, 0.2) is 0 Å². The monoisotopic (exact) mass is 343 g/mol. The van der Waals surface area contributed by atoms with Gasteiger partial charge in [-0.3, -0.25) is 9.59 Å². The van der Waals surface area contributed by atoms with Gasteiger partial charge < -0.3 is 15.1 Å². The van der Waals surface area contributed by atoms with E-state index < -0.39 is 0 Å². The summed E-state index contributed by atoms with van der Waals surface area (Å²) in [5.41, 5.74) is 0. The maximum absolute atomic E-state index is 13.1. The van der Waals surface area contributed by atoms with Crippen LogP contribution in [-0.2, 0) is 9.59 Å². The van der Waals surface area contributed by atoms with E-state index in [4.69, 9.17) is 0 Å². The predicted octanol–water partition coefficient (Wildman–Crippen LogP) is 1.51. The lowest BCUT2D eigenvalue weighted by Crippen LogP contribution is -2.52. The topological polar surface area (TPSA) is 52.7 Å². The molecule has 1 unspecified atom stereocenters. The maximum atomic E-state index is 13.1. The third-order valence-corrected chi connectivity index (χ3v) is 5.66. The molecule has 2 amide bonds. The van der Waals surface area contributed by atoms with Crippen molar-refractivity contribution in [3.8, 4) is 0 Å². The molecule has 132 valence electrons. The average Bonchev–Trinajstić information content (AvgIpc) is 3.04. The second-order valence-corrected chi connectivity index (χ2v) is 7.46. The number of nitrogens with zero attached hydrogens (tertiary/aromatic N) is 2. The summed E-state index contributed by atoms with van der Waals surface area (Å²) in [5, 5.41) is 3.47. The lowest BCUT2D eigenvalue weighted by molar-refractivity contribution is -0.145. The van der Waals surface area contributed by atoms with Crippen LogP contribution in [0.2, 0.25) is 0 Å². The standard InChI is InChI=1S/C17H29N3O2.ClH/c1-12(2)16(20-7-3-4-15(20)21)17(22)19-8-5-13-10-18-11-14(13)6-9-19;/h12-14,16,18H,3-11H2,1-2H3;1H/t13-,14+,16?;. The van der Waals surface area contributed by atoms with Crippen molar-refractivity contribution in [2.75, 3.05) is 32.7 Å². The molecule has 0 bridgehead atoms. The zero-order valence-electron chi connectivity index (χ0n) is 14.3. The van der Waals surface area contributed by atoms with E-state index in [-0.39, 0.29) is 36.2 Å². The highest BCUT2D eigenvalue weighted by atomic mass is 35.5. The highest BCUT2D eigenvalue weighted by Gasteiger charge is 2.39. The fourth-order valence-corrected chi connectivity index (χ4v) is 4.37. The summed E-state index contributed by atoms with van der Waals surface area (Å²) in [4.78, 5) is 29.0. The molecule has 3 saturated heterocycles. The number of fused-ring (bicyclic) bond motifs is 1. The number of hydrogen-bond acceptors (Lipinski definition) is 3. The highest BCUT2D eigenvalue weighted by Crippen LogP contribution is 2.28. The minimum atomic E-state index is -0.258. The molecule has 0 radical (unpaired) electrons. The summed E-state index contributed by atoms with van der Waals surface area (Å²) in [7, 11) is 0. The first-order chi connectivity index (χ1) is 10.6. The van der Waals surface area contributed by atoms with Gasteiger partial charge in [-0.2, -0.15) is 0 Å². The smallest absolute Gasteiger partial charge is 0.245 e. The fourth-order valence-electron chi connectivity index (χ4n) is 4.37. The van der Waals surface area contributed by atoms with Crippen molar-refractivity contribution in [2.24, 2.45) is 17.8 Å². The molecule has 0 aliphatic carbocycles. The van der Waals surface area contributed by atoms with Crippen LogP contribution in [-0.4, -0.2) is 60.4 Å². The highest BCUT2D eigenvalue weighted by molar-refractivity contribution is 5.88. The first-order valence-electron chi connectivity index (χ1n) is 8.87. The second-order valence-electron chi connectivity index (χ2n) is 7.46. The van der Waals surface area contributed by atoms with Crippen LogP contribution in [0.25, 0.3) is 0 Å². The van der Waals surface area contributed by atoms with Crippen LogP contribution in [0.1, 0.15) is 39.5 Å². The van der Waals surface area contributed by atoms with E-state index in [0.29, 0.717) is 6.42 Å². The van der Waals surface area contributed by atoms with Crippen molar-refractivity contribution >= 4 is 24.2 Å². The van der Waals surface area contributed by atoms with Gasteiger partial charge in [-0.25, -0.2) is 0 Å². The van der Waals surface area contributed by atoms with Crippen LogP contribution in [0, 0.1) is 17.8 Å². The number of hydrogen-bond donors (Lipinski definition) is 1. The number of carbonyl (C=O) groups is 2. The van der Waals surface area contributed by atoms with Gasteiger partial charge in [0.1, 0.15) is 6.04 Å². The summed E-state index contributed by atoms with van der Waals surface area (Å²) in [6.45, 7) is 8.78. The van der Waals surface area contributed by atoms with E-state index in [2.05, 4.69) is 19.2 Å². The second kappa shape index (κ2) is 7.84. The number of carbonyl (C=O) groups excluding carboxylic acids is 2. The molecule has 3 fully saturated rings. The molecule has 0 aromatic heterocycles. The Bertz CT molecular complexity index is 430. The molecule has 0 aromatic rings. The van der Waals surface area contributed by atoms with Crippen LogP contribution < -0.4 is 5.32 Å². The normalized spacial score (nSPS) is 29.3. The number of amides is 2. The summed E-state index contributed by atoms with van der Waals surface area (Å²) in [6, 6.07) is -0.258. The van der Waals surface area contributed by atoms with E-state index in [1.165, 1.54) is 0 Å². The van der Waals surface area contributed by atoms with Gasteiger partial charge in [0.15, 0.2) is 0 Å². The maximum Gasteiger partial charge on any atom is 0.245 e. The summed E-state index contributed by atoms with van der Waals surface area (Å²) < 4.78 is 0. The Morgan fingerprint density at radius 3 is 2.22 bits per heavy atom. The Morgan fingerprint density at radius 2 is 1.74 bits per heavy atom. The zero-order valence-corrected chi connectivity index (χ0v) is 15.1. The molecule has 3 heterocycles. The van der Waals surface area contributed by atoms with Crippen molar-refractivity contribution in [2.45, 2.75) is 45.6 Å². The Balaban J connectivity index is 0.00000192. The SMILES string of the molecule is CC(C)C(C(=O)N1CC[C@@H]2CNC[C@@H]2CC1)N1CCCC1=O.Cl. The molecule has 6 heteroatoms. The Hall–Kier alpha value is -0.810. The molecule has 3 aliphatic heterocycles. The van der Waals surface area contributed by atoms with Crippen molar-refractivity contribution in [1.29, 1.82) is 0 Å². The van der Waals surface area contributed by atoms with Gasteiger partial charge >= 0.3 is 0 Å². The van der Waals surface area contributed by atoms with Crippen molar-refractivity contribution in [3.63, 3.8) is 0 Å². The molecule has 1 N–H and O–H groups in total. The van der Waals surface area contributed by atoms with Crippen LogP contribution in [0.5, 0.6) is 0 Å². The molecule has 3 rings (SSSR count). The van der Waals surface area contributed by atoms with Crippen molar-refractivity contribution in [1.82, 2.24) is 15.1 Å². The molecular formula is C17H30ClN3O2. The van der Waals surface area contributed by atoms with Crippen LogP contribution in [0.4, 0.5) is 0 Å². The lowest BCUT2D eigenvalue weighted by Gasteiger charge is -2.34. The van der Waals surface area contributed by atoms with Crippen LogP contribution in [0.3, 0.4) is 0 Å². The van der Waals surface area contributed by atoms with Gasteiger partial charge in [0, 0.05) is 26.1 Å². The molecular weight excluding hydrogens is 314 g/mol. The molecule has 3 atom stereocenters. The molecule has 23 heavy (non-hydrogen) atoms. The Morgan fingerprint density at radius 1 is 1.13 bits per heavy atom. The summed E-state index contributed by atoms with van der Waals surface area (Å²) in [6.07, 6.45) is 3.70. The summed E-state index contributed by atoms with van der Waals surface area (Å²) >= 11 is 0. The third kappa shape index (κ3) is 3.82. The molecule has 0 spiro atoms. The van der Waals surface area contributed by atoms with Gasteiger partial charge in [-0.05, 0) is 50.1 Å².